The number of carboxylic acid groups (broad SMARTS) is 1. The first-order chi connectivity index (χ1) is 14.4. The molecule has 0 bridgehead atoms. The van der Waals surface area contributed by atoms with Crippen LogP contribution in [0.15, 0.2) is 23.6 Å². The van der Waals surface area contributed by atoms with Crippen LogP contribution in [-0.4, -0.2) is 28.0 Å². The fraction of sp³-hybridized carbons (Fsp3) is 0.500. The molecule has 30 heavy (non-hydrogen) atoms. The Morgan fingerprint density at radius 3 is 2.67 bits per heavy atom. The van der Waals surface area contributed by atoms with Crippen molar-refractivity contribution in [1.29, 1.82) is 0 Å². The molecular weight excluding hydrogens is 427 g/mol. The van der Waals surface area contributed by atoms with Gasteiger partial charge in [-0.25, -0.2) is 9.37 Å². The Labute approximate surface area is 183 Å². The van der Waals surface area contributed by atoms with E-state index in [9.17, 15) is 19.1 Å². The number of carbonyl (C=O) groups excluding carboxylic acids is 1. The zero-order chi connectivity index (χ0) is 21.3. The number of anilines is 1. The van der Waals surface area contributed by atoms with Crippen LogP contribution in [0.25, 0.3) is 11.3 Å². The van der Waals surface area contributed by atoms with Crippen LogP contribution < -0.4 is 4.90 Å². The molecule has 0 spiro atoms. The molecule has 1 heterocycles. The van der Waals surface area contributed by atoms with E-state index in [0.717, 1.165) is 38.5 Å². The number of halogens is 2. The SMILES string of the molecule is O=C(O)CC(CC1CCCC1)C(=O)N(c1nc(-c2cc(F)ccc2Cl)cs1)C1CC1. The van der Waals surface area contributed by atoms with Crippen LogP contribution in [0, 0.1) is 17.7 Å². The summed E-state index contributed by atoms with van der Waals surface area (Å²) in [5.74, 6) is -1.64. The van der Waals surface area contributed by atoms with E-state index < -0.39 is 17.7 Å². The lowest BCUT2D eigenvalue weighted by molar-refractivity contribution is -0.141. The number of carboxylic acids is 1. The normalized spacial score (nSPS) is 17.8. The highest BCUT2D eigenvalue weighted by Gasteiger charge is 2.40. The van der Waals surface area contributed by atoms with Gasteiger partial charge in [0.2, 0.25) is 5.91 Å². The topological polar surface area (TPSA) is 70.5 Å². The number of aromatic nitrogens is 1. The van der Waals surface area contributed by atoms with Crippen molar-refractivity contribution >= 4 is 39.9 Å². The van der Waals surface area contributed by atoms with Crippen LogP contribution in [0.3, 0.4) is 0 Å². The first-order valence-electron chi connectivity index (χ1n) is 10.4. The van der Waals surface area contributed by atoms with Crippen molar-refractivity contribution in [2.75, 3.05) is 4.90 Å². The summed E-state index contributed by atoms with van der Waals surface area (Å²) in [6.07, 6.45) is 6.63. The number of aliphatic carboxylic acids is 1. The molecule has 1 aromatic heterocycles. The minimum atomic E-state index is -0.950. The maximum Gasteiger partial charge on any atom is 0.304 e. The Balaban J connectivity index is 1.59. The molecule has 1 amide bonds. The fourth-order valence-electron chi connectivity index (χ4n) is 4.28. The van der Waals surface area contributed by atoms with Gasteiger partial charge in [0.05, 0.1) is 17.1 Å². The number of carbonyl (C=O) groups is 2. The van der Waals surface area contributed by atoms with E-state index in [-0.39, 0.29) is 18.4 Å². The average molecular weight is 451 g/mol. The van der Waals surface area contributed by atoms with Gasteiger partial charge in [-0.2, -0.15) is 0 Å². The number of benzene rings is 1. The minimum Gasteiger partial charge on any atom is -0.481 e. The zero-order valence-corrected chi connectivity index (χ0v) is 18.1. The summed E-state index contributed by atoms with van der Waals surface area (Å²) in [5, 5.41) is 12.1. The van der Waals surface area contributed by atoms with Crippen LogP contribution >= 0.6 is 22.9 Å². The monoisotopic (exact) mass is 450 g/mol. The molecule has 2 aromatic rings. The Hall–Kier alpha value is -1.99. The molecule has 160 valence electrons. The molecule has 2 aliphatic carbocycles. The molecule has 5 nitrogen and oxygen atoms in total. The predicted octanol–water partition coefficient (Wildman–Crippen LogP) is 5.77. The first-order valence-corrected chi connectivity index (χ1v) is 11.6. The number of rotatable bonds is 8. The minimum absolute atomic E-state index is 0.0550. The van der Waals surface area contributed by atoms with E-state index in [1.54, 1.807) is 10.3 Å². The lowest BCUT2D eigenvalue weighted by Crippen LogP contribution is -2.39. The van der Waals surface area contributed by atoms with Crippen LogP contribution in [-0.2, 0) is 9.59 Å². The van der Waals surface area contributed by atoms with E-state index in [0.29, 0.717) is 33.8 Å². The van der Waals surface area contributed by atoms with E-state index in [4.69, 9.17) is 11.6 Å². The summed E-state index contributed by atoms with van der Waals surface area (Å²) in [6.45, 7) is 0. The van der Waals surface area contributed by atoms with Crippen molar-refractivity contribution in [1.82, 2.24) is 4.98 Å². The first kappa shape index (κ1) is 21.2. The molecule has 8 heteroatoms. The predicted molar refractivity (Wildman–Crippen MR) is 115 cm³/mol. The van der Waals surface area contributed by atoms with E-state index in [1.165, 1.54) is 29.5 Å². The van der Waals surface area contributed by atoms with Gasteiger partial charge in [0.25, 0.3) is 0 Å². The summed E-state index contributed by atoms with van der Waals surface area (Å²) in [4.78, 5) is 31.2. The molecule has 2 aliphatic rings. The molecule has 0 radical (unpaired) electrons. The summed E-state index contributed by atoms with van der Waals surface area (Å²) in [5.41, 5.74) is 0.999. The summed E-state index contributed by atoms with van der Waals surface area (Å²) < 4.78 is 13.7. The largest absolute Gasteiger partial charge is 0.481 e. The molecule has 1 unspecified atom stereocenters. The third-order valence-electron chi connectivity index (χ3n) is 5.91. The van der Waals surface area contributed by atoms with Crippen LogP contribution in [0.4, 0.5) is 9.52 Å². The molecule has 0 aliphatic heterocycles. The molecule has 4 rings (SSSR count). The van der Waals surface area contributed by atoms with E-state index >= 15 is 0 Å². The van der Waals surface area contributed by atoms with Gasteiger partial charge in [-0.05, 0) is 43.4 Å². The molecular formula is C22H24ClFN2O3S. The van der Waals surface area contributed by atoms with Crippen molar-refractivity contribution in [2.45, 2.75) is 57.4 Å². The van der Waals surface area contributed by atoms with Crippen LogP contribution in [0.2, 0.25) is 5.02 Å². The fourth-order valence-corrected chi connectivity index (χ4v) is 5.40. The molecule has 1 aromatic carbocycles. The maximum atomic E-state index is 13.7. The molecule has 0 saturated heterocycles. The molecule has 2 fully saturated rings. The van der Waals surface area contributed by atoms with Gasteiger partial charge < -0.3 is 5.11 Å². The zero-order valence-electron chi connectivity index (χ0n) is 16.5. The highest BCUT2D eigenvalue weighted by Crippen LogP contribution is 2.40. The number of thiazole rings is 1. The second-order valence-corrected chi connectivity index (χ2v) is 9.50. The Kier molecular flexibility index (Phi) is 6.39. The third kappa shape index (κ3) is 4.83. The maximum absolute atomic E-state index is 13.7. The van der Waals surface area contributed by atoms with Gasteiger partial charge in [0.15, 0.2) is 5.13 Å². The van der Waals surface area contributed by atoms with Crippen molar-refractivity contribution in [3.8, 4) is 11.3 Å². The van der Waals surface area contributed by atoms with Gasteiger partial charge in [0, 0.05) is 22.9 Å². The molecule has 2 saturated carbocycles. The standard InChI is InChI=1S/C22H24ClFN2O3S/c23-18-8-5-15(24)11-17(18)19-12-30-22(25-19)26(16-6-7-16)21(29)14(10-20(27)28)9-13-3-1-2-4-13/h5,8,11-14,16H,1-4,6-7,9-10H2,(H,27,28). The van der Waals surface area contributed by atoms with Gasteiger partial charge in [0.1, 0.15) is 5.82 Å². The Bertz CT molecular complexity index is 940. The summed E-state index contributed by atoms with van der Waals surface area (Å²) in [7, 11) is 0. The highest BCUT2D eigenvalue weighted by atomic mass is 35.5. The van der Waals surface area contributed by atoms with Gasteiger partial charge in [-0.1, -0.05) is 37.3 Å². The van der Waals surface area contributed by atoms with E-state index in [2.05, 4.69) is 4.98 Å². The van der Waals surface area contributed by atoms with Gasteiger partial charge >= 0.3 is 5.97 Å². The van der Waals surface area contributed by atoms with Crippen LogP contribution in [0.5, 0.6) is 0 Å². The molecule has 1 N–H and O–H groups in total. The van der Waals surface area contributed by atoms with Crippen molar-refractivity contribution in [2.24, 2.45) is 11.8 Å². The molecule has 1 atom stereocenters. The number of amides is 1. The lowest BCUT2D eigenvalue weighted by atomic mass is 9.90. The third-order valence-corrected chi connectivity index (χ3v) is 7.08. The lowest BCUT2D eigenvalue weighted by Gasteiger charge is -2.26. The Morgan fingerprint density at radius 1 is 1.27 bits per heavy atom. The van der Waals surface area contributed by atoms with E-state index in [1.807, 2.05) is 0 Å². The van der Waals surface area contributed by atoms with Crippen molar-refractivity contribution in [3.05, 3.63) is 34.4 Å². The van der Waals surface area contributed by atoms with Crippen LogP contribution in [0.1, 0.15) is 51.4 Å². The smallest absolute Gasteiger partial charge is 0.304 e. The number of hydrogen-bond donors (Lipinski definition) is 1. The number of hydrogen-bond acceptors (Lipinski definition) is 4. The van der Waals surface area contributed by atoms with Gasteiger partial charge in [-0.3, -0.25) is 14.5 Å². The quantitative estimate of drug-likeness (QED) is 0.554. The van der Waals surface area contributed by atoms with Crippen molar-refractivity contribution in [3.63, 3.8) is 0 Å². The second-order valence-electron chi connectivity index (χ2n) is 8.26. The second kappa shape index (κ2) is 9.02. The summed E-state index contributed by atoms with van der Waals surface area (Å²) in [6, 6.07) is 4.16. The average Bonchev–Trinajstić information content (AvgIpc) is 3.18. The highest BCUT2D eigenvalue weighted by molar-refractivity contribution is 7.14. The van der Waals surface area contributed by atoms with Crippen molar-refractivity contribution < 1.29 is 19.1 Å². The van der Waals surface area contributed by atoms with Gasteiger partial charge in [-0.15, -0.1) is 11.3 Å². The Morgan fingerprint density at radius 2 is 2.00 bits per heavy atom. The summed E-state index contributed by atoms with van der Waals surface area (Å²) >= 11 is 7.52. The number of nitrogens with zero attached hydrogens (tertiary/aromatic N) is 2.